The highest BCUT2D eigenvalue weighted by atomic mass is 79.9. The van der Waals surface area contributed by atoms with Gasteiger partial charge < -0.3 is 20.6 Å². The van der Waals surface area contributed by atoms with Crippen molar-refractivity contribution in [1.29, 1.82) is 0 Å². The minimum absolute atomic E-state index is 0.0940. The average Bonchev–Trinajstić information content (AvgIpc) is 2.68. The lowest BCUT2D eigenvalue weighted by molar-refractivity contribution is 0.0520. The van der Waals surface area contributed by atoms with Crippen LogP contribution in [0.2, 0.25) is 0 Å². The predicted octanol–water partition coefficient (Wildman–Crippen LogP) is 5.85. The van der Waals surface area contributed by atoms with Crippen molar-refractivity contribution in [2.24, 2.45) is 0 Å². The maximum absolute atomic E-state index is 13.9. The lowest BCUT2D eigenvalue weighted by Gasteiger charge is -2.42. The molecule has 7 nitrogen and oxygen atoms in total. The first-order valence-electron chi connectivity index (χ1n) is 11.0. The van der Waals surface area contributed by atoms with Gasteiger partial charge in [0.2, 0.25) is 0 Å². The number of aryl methyl sites for hydroxylation is 1. The van der Waals surface area contributed by atoms with Crippen molar-refractivity contribution in [2.75, 3.05) is 5.32 Å². The van der Waals surface area contributed by atoms with Crippen LogP contribution in [0.1, 0.15) is 62.4 Å². The molecule has 1 aromatic carbocycles. The van der Waals surface area contributed by atoms with Gasteiger partial charge in [0.15, 0.2) is 0 Å². The summed E-state index contributed by atoms with van der Waals surface area (Å²) in [6.07, 6.45) is 2.73. The number of carboxylic acid groups (broad SMARTS) is 1. The minimum atomic E-state index is -0.931. The first kappa shape index (κ1) is 25.0. The number of nitrogens with one attached hydrogen (secondary N) is 2. The van der Waals surface area contributed by atoms with Crippen molar-refractivity contribution in [1.82, 2.24) is 15.2 Å². The zero-order chi connectivity index (χ0) is 24.3. The van der Waals surface area contributed by atoms with E-state index in [4.69, 9.17) is 0 Å². The molecular weight excluding hydrogens is 491 g/mol. The van der Waals surface area contributed by atoms with E-state index in [2.05, 4.69) is 31.5 Å². The lowest BCUT2D eigenvalue weighted by Crippen LogP contribution is -2.53. The molecule has 1 aliphatic rings. The van der Waals surface area contributed by atoms with Gasteiger partial charge in [-0.15, -0.1) is 0 Å². The molecule has 1 saturated carbocycles. The summed E-state index contributed by atoms with van der Waals surface area (Å²) >= 11 is 3.45. The fourth-order valence-electron chi connectivity index (χ4n) is 4.39. The highest BCUT2D eigenvalue weighted by molar-refractivity contribution is 9.10. The number of amides is 2. The van der Waals surface area contributed by atoms with Crippen LogP contribution in [-0.2, 0) is 0 Å². The molecule has 3 N–H and O–H groups in total. The van der Waals surface area contributed by atoms with Crippen molar-refractivity contribution in [2.45, 2.75) is 71.0 Å². The molecule has 2 aromatic rings. The summed E-state index contributed by atoms with van der Waals surface area (Å²) in [7, 11) is 0. The van der Waals surface area contributed by atoms with E-state index in [1.807, 2.05) is 45.9 Å². The van der Waals surface area contributed by atoms with Crippen molar-refractivity contribution in [3.05, 3.63) is 51.9 Å². The molecule has 33 heavy (non-hydrogen) atoms. The SMILES string of the molecule is Cc1cc(Br)cc(Nc2ncc(F)cc2C(=O)N[C@H]2CC[C@@H](N(C(=O)O)C(C)(C)C)CC2)c1. The number of carbonyl (C=O) groups is 2. The fraction of sp³-hybridized carbons (Fsp3) is 0.458. The molecule has 9 heteroatoms. The van der Waals surface area contributed by atoms with Gasteiger partial charge in [-0.1, -0.05) is 15.9 Å². The Morgan fingerprint density at radius 1 is 1.15 bits per heavy atom. The van der Waals surface area contributed by atoms with Crippen LogP contribution in [0.15, 0.2) is 34.9 Å². The number of hydrogen-bond donors (Lipinski definition) is 3. The lowest BCUT2D eigenvalue weighted by atomic mass is 9.88. The number of halogens is 2. The molecular formula is C24H30BrFN4O3. The Balaban J connectivity index is 1.70. The Labute approximate surface area is 201 Å². The maximum atomic E-state index is 13.9. The quantitative estimate of drug-likeness (QED) is 0.459. The number of carbonyl (C=O) groups excluding carboxylic acids is 1. The monoisotopic (exact) mass is 520 g/mol. The van der Waals surface area contributed by atoms with Crippen molar-refractivity contribution in [3.8, 4) is 0 Å². The Bertz CT molecular complexity index is 1010. The Hall–Kier alpha value is -2.68. The zero-order valence-corrected chi connectivity index (χ0v) is 20.9. The number of rotatable bonds is 5. The number of benzene rings is 1. The van der Waals surface area contributed by atoms with E-state index in [9.17, 15) is 19.1 Å². The van der Waals surface area contributed by atoms with E-state index in [0.717, 1.165) is 21.9 Å². The van der Waals surface area contributed by atoms with Gasteiger partial charge in [0.25, 0.3) is 5.91 Å². The molecule has 1 aromatic heterocycles. The normalized spacial score (nSPS) is 18.5. The van der Waals surface area contributed by atoms with E-state index in [0.29, 0.717) is 25.7 Å². The third-order valence-electron chi connectivity index (χ3n) is 5.73. The van der Waals surface area contributed by atoms with E-state index in [-0.39, 0.29) is 23.5 Å². The predicted molar refractivity (Wildman–Crippen MR) is 129 cm³/mol. The topological polar surface area (TPSA) is 94.6 Å². The Morgan fingerprint density at radius 2 is 1.82 bits per heavy atom. The van der Waals surface area contributed by atoms with Gasteiger partial charge in [0, 0.05) is 27.8 Å². The summed E-state index contributed by atoms with van der Waals surface area (Å²) in [5, 5.41) is 15.7. The van der Waals surface area contributed by atoms with E-state index in [1.54, 1.807) is 0 Å². The highest BCUT2D eigenvalue weighted by Gasteiger charge is 2.36. The van der Waals surface area contributed by atoms with Crippen molar-refractivity contribution >= 4 is 39.4 Å². The molecule has 0 bridgehead atoms. The van der Waals surface area contributed by atoms with Crippen LogP contribution >= 0.6 is 15.9 Å². The van der Waals surface area contributed by atoms with Crippen LogP contribution in [0.4, 0.5) is 20.7 Å². The van der Waals surface area contributed by atoms with Crippen LogP contribution in [0.5, 0.6) is 0 Å². The second-order valence-corrected chi connectivity index (χ2v) is 10.4. The second kappa shape index (κ2) is 10.1. The average molecular weight is 521 g/mol. The van der Waals surface area contributed by atoms with Crippen molar-refractivity contribution in [3.63, 3.8) is 0 Å². The first-order valence-corrected chi connectivity index (χ1v) is 11.8. The molecule has 3 rings (SSSR count). The molecule has 0 unspecified atom stereocenters. The third-order valence-corrected chi connectivity index (χ3v) is 6.19. The molecule has 0 spiro atoms. The van der Waals surface area contributed by atoms with Crippen LogP contribution in [0.3, 0.4) is 0 Å². The number of anilines is 2. The Kier molecular flexibility index (Phi) is 7.62. The van der Waals surface area contributed by atoms with E-state index in [1.165, 1.54) is 11.0 Å². The molecule has 1 aliphatic carbocycles. The highest BCUT2D eigenvalue weighted by Crippen LogP contribution is 2.29. The standard InChI is InChI=1S/C24H30BrFN4O3/c1-14-9-15(25)11-18(10-14)28-21-20(12-16(26)13-27-21)22(31)29-17-5-7-19(8-6-17)30(23(32)33)24(2,3)4/h9-13,17,19H,5-8H2,1-4H3,(H,27,28)(H,29,31)(H,32,33)/t17-,19+. The number of pyridine rings is 1. The van der Waals surface area contributed by atoms with Gasteiger partial charge in [-0.25, -0.2) is 14.2 Å². The molecule has 0 radical (unpaired) electrons. The summed E-state index contributed by atoms with van der Waals surface area (Å²) in [5.41, 5.74) is 1.37. The number of hydrogen-bond acceptors (Lipinski definition) is 4. The molecule has 178 valence electrons. The van der Waals surface area contributed by atoms with Crippen LogP contribution < -0.4 is 10.6 Å². The Morgan fingerprint density at radius 3 is 2.39 bits per heavy atom. The zero-order valence-electron chi connectivity index (χ0n) is 19.3. The van der Waals surface area contributed by atoms with Gasteiger partial charge in [-0.05, 0) is 83.2 Å². The summed E-state index contributed by atoms with van der Waals surface area (Å²) in [5.74, 6) is -0.738. The molecule has 0 atom stereocenters. The summed E-state index contributed by atoms with van der Waals surface area (Å²) in [6, 6.07) is 6.68. The van der Waals surface area contributed by atoms with Gasteiger partial charge in [0.1, 0.15) is 11.6 Å². The number of nitrogens with zero attached hydrogens (tertiary/aromatic N) is 2. The third kappa shape index (κ3) is 6.43. The smallest absolute Gasteiger partial charge is 0.407 e. The molecule has 1 heterocycles. The second-order valence-electron chi connectivity index (χ2n) is 9.49. The summed E-state index contributed by atoms with van der Waals surface area (Å²) in [4.78, 5) is 30.4. The van der Waals surface area contributed by atoms with Gasteiger partial charge >= 0.3 is 6.09 Å². The largest absolute Gasteiger partial charge is 0.465 e. The van der Waals surface area contributed by atoms with Gasteiger partial charge in [0.05, 0.1) is 11.8 Å². The maximum Gasteiger partial charge on any atom is 0.407 e. The van der Waals surface area contributed by atoms with Crippen LogP contribution in [0.25, 0.3) is 0 Å². The molecule has 1 fully saturated rings. The molecule has 0 aliphatic heterocycles. The number of aromatic nitrogens is 1. The molecule has 0 saturated heterocycles. The van der Waals surface area contributed by atoms with E-state index < -0.39 is 23.4 Å². The first-order chi connectivity index (χ1) is 15.4. The minimum Gasteiger partial charge on any atom is -0.465 e. The van der Waals surface area contributed by atoms with E-state index >= 15 is 0 Å². The molecule has 2 amide bonds. The van der Waals surface area contributed by atoms with Gasteiger partial charge in [-0.3, -0.25) is 4.79 Å². The fourth-order valence-corrected chi connectivity index (χ4v) is 5.00. The van der Waals surface area contributed by atoms with Crippen LogP contribution in [0, 0.1) is 12.7 Å². The van der Waals surface area contributed by atoms with Crippen LogP contribution in [-0.4, -0.2) is 44.6 Å². The van der Waals surface area contributed by atoms with Gasteiger partial charge in [-0.2, -0.15) is 0 Å². The summed E-state index contributed by atoms with van der Waals surface area (Å²) < 4.78 is 14.8. The van der Waals surface area contributed by atoms with Crippen molar-refractivity contribution < 1.29 is 19.1 Å². The summed E-state index contributed by atoms with van der Waals surface area (Å²) in [6.45, 7) is 7.59.